The fourth-order valence-corrected chi connectivity index (χ4v) is 1.08. The Morgan fingerprint density at radius 2 is 2.31 bits per heavy atom. The van der Waals surface area contributed by atoms with Gasteiger partial charge in [-0.1, -0.05) is 0 Å². The van der Waals surface area contributed by atoms with E-state index in [1.165, 1.54) is 12.4 Å². The number of aromatic nitrogens is 2. The predicted octanol–water partition coefficient (Wildman–Crippen LogP) is 1.10. The number of thioether (sulfide) groups is 1. The number of halogens is 1. The van der Waals surface area contributed by atoms with E-state index in [2.05, 4.69) is 9.97 Å². The number of amidine groups is 1. The average Bonchev–Trinajstić information content (AvgIpc) is 2.17. The number of nitrogens with two attached hydrogens (primary N) is 1. The van der Waals surface area contributed by atoms with Gasteiger partial charge < -0.3 is 10.5 Å². The van der Waals surface area contributed by atoms with E-state index in [0.29, 0.717) is 5.69 Å². The lowest BCUT2D eigenvalue weighted by Gasteiger charge is -2.02. The summed E-state index contributed by atoms with van der Waals surface area (Å²) in [5, 5.41) is 6.81. The molecule has 0 fully saturated rings. The molecule has 1 heterocycles. The number of carbonyl (C=O) groups excluding carboxylic acids is 1. The normalized spacial score (nSPS) is 9.06. The second kappa shape index (κ2) is 7.18. The van der Waals surface area contributed by atoms with E-state index < -0.39 is 5.97 Å². The Balaban J connectivity index is 0.00000225. The molecule has 0 saturated carbocycles. The number of hydrogen-bond donors (Lipinski definition) is 2. The van der Waals surface area contributed by atoms with E-state index in [0.717, 1.165) is 11.8 Å². The number of rotatable bonds is 3. The molecule has 0 aromatic carbocycles. The summed E-state index contributed by atoms with van der Waals surface area (Å²) in [6.07, 6.45) is 1.30. The minimum Gasteiger partial charge on any atom is -0.449 e. The fourth-order valence-electron chi connectivity index (χ4n) is 0.787. The number of carbonyl (C=O) groups is 1. The third kappa shape index (κ3) is 5.08. The molecule has 0 amide bonds. The summed E-state index contributed by atoms with van der Waals surface area (Å²) in [5.41, 5.74) is 5.96. The first-order chi connectivity index (χ1) is 7.09. The molecule has 8 heteroatoms. The highest BCUT2D eigenvalue weighted by molar-refractivity contribution is 8.93. The molecule has 3 N–H and O–H groups in total. The van der Waals surface area contributed by atoms with E-state index in [1.54, 1.807) is 6.92 Å². The average molecular weight is 307 g/mol. The molecule has 16 heavy (non-hydrogen) atoms. The largest absolute Gasteiger partial charge is 0.449 e. The molecule has 0 aliphatic heterocycles. The molecular weight excluding hydrogens is 296 g/mol. The second-order valence-corrected chi connectivity index (χ2v) is 3.57. The predicted molar refractivity (Wildman–Crippen MR) is 66.9 cm³/mol. The van der Waals surface area contributed by atoms with Crippen LogP contribution in [0.25, 0.3) is 0 Å². The molecule has 1 rings (SSSR count). The lowest BCUT2D eigenvalue weighted by Crippen LogP contribution is -2.11. The smallest absolute Gasteiger partial charge is 0.357 e. The van der Waals surface area contributed by atoms with Crippen LogP contribution in [0.15, 0.2) is 12.4 Å². The Kier molecular flexibility index (Phi) is 6.66. The summed E-state index contributed by atoms with van der Waals surface area (Å²) in [5.74, 6) is -0.536. The van der Waals surface area contributed by atoms with Gasteiger partial charge in [-0.3, -0.25) is 5.41 Å². The highest BCUT2D eigenvalue weighted by atomic mass is 79.9. The molecule has 1 aromatic rings. The van der Waals surface area contributed by atoms with Crippen LogP contribution < -0.4 is 5.73 Å². The van der Waals surface area contributed by atoms with Gasteiger partial charge in [0.15, 0.2) is 10.9 Å². The standard InChI is InChI=1S/C8H10N4O2S.BrH/c1-5-2-6(12-3-11-5)7(13)14-4-15-8(9)10;/h2-3H,4H2,1H3,(H3,9,10);1H. The Morgan fingerprint density at radius 1 is 1.62 bits per heavy atom. The molecule has 0 unspecified atom stereocenters. The second-order valence-electron chi connectivity index (χ2n) is 2.60. The quantitative estimate of drug-likeness (QED) is 0.375. The van der Waals surface area contributed by atoms with Crippen molar-refractivity contribution in [2.75, 3.05) is 5.94 Å². The van der Waals surface area contributed by atoms with Gasteiger partial charge in [0.1, 0.15) is 12.3 Å². The zero-order valence-electron chi connectivity index (χ0n) is 8.47. The number of aryl methyl sites for hydroxylation is 1. The van der Waals surface area contributed by atoms with Crippen LogP contribution in [0.5, 0.6) is 0 Å². The summed E-state index contributed by atoms with van der Waals surface area (Å²) in [7, 11) is 0. The van der Waals surface area contributed by atoms with Crippen LogP contribution in [0.4, 0.5) is 0 Å². The van der Waals surface area contributed by atoms with E-state index in [9.17, 15) is 4.79 Å². The van der Waals surface area contributed by atoms with Crippen molar-refractivity contribution in [1.82, 2.24) is 9.97 Å². The fraction of sp³-hybridized carbons (Fsp3) is 0.250. The Labute approximate surface area is 107 Å². The molecule has 0 aliphatic carbocycles. The van der Waals surface area contributed by atoms with Gasteiger partial charge in [-0.15, -0.1) is 17.0 Å². The molecule has 88 valence electrons. The summed E-state index contributed by atoms with van der Waals surface area (Å²) >= 11 is 0.933. The van der Waals surface area contributed by atoms with Gasteiger partial charge in [-0.2, -0.15) is 0 Å². The number of nitrogens with one attached hydrogen (secondary N) is 1. The first-order valence-corrected chi connectivity index (χ1v) is 5.00. The summed E-state index contributed by atoms with van der Waals surface area (Å²) in [4.78, 5) is 19.0. The molecule has 0 atom stereocenters. The molecule has 0 spiro atoms. The van der Waals surface area contributed by atoms with Gasteiger partial charge in [0.05, 0.1) is 0 Å². The van der Waals surface area contributed by atoms with E-state index in [1.807, 2.05) is 0 Å². The third-order valence-corrected chi connectivity index (χ3v) is 1.96. The van der Waals surface area contributed by atoms with Gasteiger partial charge in [0, 0.05) is 5.69 Å². The lowest BCUT2D eigenvalue weighted by atomic mass is 10.3. The van der Waals surface area contributed by atoms with Gasteiger partial charge in [0.2, 0.25) is 0 Å². The Bertz CT molecular complexity index is 388. The molecule has 0 saturated heterocycles. The van der Waals surface area contributed by atoms with Crippen LogP contribution in [-0.4, -0.2) is 27.0 Å². The molecule has 0 radical (unpaired) electrons. The number of nitrogens with zero attached hydrogens (tertiary/aromatic N) is 2. The van der Waals surface area contributed by atoms with Crippen LogP contribution in [-0.2, 0) is 4.74 Å². The Hall–Kier alpha value is -1.15. The van der Waals surface area contributed by atoms with Crippen molar-refractivity contribution in [1.29, 1.82) is 5.41 Å². The van der Waals surface area contributed by atoms with Gasteiger partial charge in [0.25, 0.3) is 0 Å². The van der Waals surface area contributed by atoms with E-state index in [-0.39, 0.29) is 33.8 Å². The maximum absolute atomic E-state index is 11.3. The summed E-state index contributed by atoms with van der Waals surface area (Å²) in [6, 6.07) is 1.53. The van der Waals surface area contributed by atoms with Crippen molar-refractivity contribution >= 4 is 39.9 Å². The number of ether oxygens (including phenoxy) is 1. The highest BCUT2D eigenvalue weighted by Gasteiger charge is 2.08. The molecule has 6 nitrogen and oxygen atoms in total. The van der Waals surface area contributed by atoms with Crippen LogP contribution in [0.1, 0.15) is 16.2 Å². The molecule has 1 aromatic heterocycles. The first kappa shape index (κ1) is 14.8. The minimum atomic E-state index is -0.547. The van der Waals surface area contributed by atoms with Crippen LogP contribution in [0, 0.1) is 12.3 Å². The van der Waals surface area contributed by atoms with Crippen molar-refractivity contribution in [3.05, 3.63) is 23.8 Å². The molecule has 0 aliphatic rings. The Morgan fingerprint density at radius 3 is 2.88 bits per heavy atom. The van der Waals surface area contributed by atoms with Crippen LogP contribution in [0.2, 0.25) is 0 Å². The topological polar surface area (TPSA) is 102 Å². The van der Waals surface area contributed by atoms with Gasteiger partial charge >= 0.3 is 5.97 Å². The SMILES string of the molecule is Br.Cc1cc(C(=O)OCSC(=N)N)ncn1. The third-order valence-electron chi connectivity index (χ3n) is 1.42. The first-order valence-electron chi connectivity index (χ1n) is 4.02. The highest BCUT2D eigenvalue weighted by Crippen LogP contribution is 2.03. The number of esters is 1. The zero-order valence-corrected chi connectivity index (χ0v) is 11.0. The minimum absolute atomic E-state index is 0. The van der Waals surface area contributed by atoms with Crippen LogP contribution >= 0.6 is 28.7 Å². The van der Waals surface area contributed by atoms with Crippen molar-refractivity contribution in [3.63, 3.8) is 0 Å². The van der Waals surface area contributed by atoms with Crippen molar-refractivity contribution in [2.24, 2.45) is 5.73 Å². The summed E-state index contributed by atoms with van der Waals surface area (Å²) < 4.78 is 4.81. The van der Waals surface area contributed by atoms with E-state index >= 15 is 0 Å². The van der Waals surface area contributed by atoms with Crippen LogP contribution in [0.3, 0.4) is 0 Å². The molecule has 0 bridgehead atoms. The maximum Gasteiger partial charge on any atom is 0.357 e. The number of hydrogen-bond acceptors (Lipinski definition) is 6. The van der Waals surface area contributed by atoms with Crippen molar-refractivity contribution in [3.8, 4) is 0 Å². The summed E-state index contributed by atoms with van der Waals surface area (Å²) in [6.45, 7) is 1.75. The molecular formula is C8H11BrN4O2S. The monoisotopic (exact) mass is 306 g/mol. The van der Waals surface area contributed by atoms with Gasteiger partial charge in [-0.05, 0) is 24.8 Å². The van der Waals surface area contributed by atoms with E-state index in [4.69, 9.17) is 15.9 Å². The lowest BCUT2D eigenvalue weighted by molar-refractivity contribution is 0.0573. The van der Waals surface area contributed by atoms with Crippen molar-refractivity contribution < 1.29 is 9.53 Å². The van der Waals surface area contributed by atoms with Gasteiger partial charge in [-0.25, -0.2) is 14.8 Å². The van der Waals surface area contributed by atoms with Crippen molar-refractivity contribution in [2.45, 2.75) is 6.92 Å². The zero-order chi connectivity index (χ0) is 11.3. The maximum atomic E-state index is 11.3.